The molecule has 0 aliphatic rings. The molecule has 1 N–H and O–H groups in total. The molecule has 1 heterocycles. The van der Waals surface area contributed by atoms with E-state index in [4.69, 9.17) is 0 Å². The van der Waals surface area contributed by atoms with Gasteiger partial charge in [-0.1, -0.05) is 6.07 Å². The summed E-state index contributed by atoms with van der Waals surface area (Å²) in [5, 5.41) is 6.85. The molecule has 0 radical (unpaired) electrons. The summed E-state index contributed by atoms with van der Waals surface area (Å²) in [4.78, 5) is 24.8. The van der Waals surface area contributed by atoms with Gasteiger partial charge in [0.15, 0.2) is 5.69 Å². The van der Waals surface area contributed by atoms with Crippen LogP contribution in [0.2, 0.25) is 0 Å². The monoisotopic (exact) mass is 301 g/mol. The number of hydrogen-bond acceptors (Lipinski definition) is 5. The second-order valence-corrected chi connectivity index (χ2v) is 5.04. The minimum atomic E-state index is -0.426. The van der Waals surface area contributed by atoms with Crippen LogP contribution in [0.3, 0.4) is 0 Å². The van der Waals surface area contributed by atoms with Crippen LogP contribution in [0.4, 0.5) is 0 Å². The van der Waals surface area contributed by atoms with Crippen molar-refractivity contribution < 1.29 is 4.79 Å². The van der Waals surface area contributed by atoms with Gasteiger partial charge in [0.2, 0.25) is 11.2 Å². The minimum Gasteiger partial charge on any atom is -0.394 e. The van der Waals surface area contributed by atoms with Crippen molar-refractivity contribution in [3.8, 4) is 5.69 Å². The lowest BCUT2D eigenvalue weighted by Crippen LogP contribution is -2.19. The molecule has 0 unspecified atom stereocenters. The van der Waals surface area contributed by atoms with Crippen LogP contribution in [0.25, 0.3) is 5.69 Å². The Kier molecular flexibility index (Phi) is 4.94. The first-order chi connectivity index (χ1) is 10.2. The first-order valence-electron chi connectivity index (χ1n) is 6.28. The molecule has 6 heteroatoms. The molecule has 1 aromatic carbocycles. The fourth-order valence-electron chi connectivity index (χ4n) is 1.71. The molecule has 2 aromatic rings. The number of ketones is 1. The molecule has 1 aromatic heterocycles. The Hall–Kier alpha value is -2.34. The molecule has 0 spiro atoms. The Morgan fingerprint density at radius 2 is 2.19 bits per heavy atom. The van der Waals surface area contributed by atoms with Crippen molar-refractivity contribution in [2.24, 2.45) is 0 Å². The summed E-state index contributed by atoms with van der Waals surface area (Å²) in [6.07, 6.45) is 6.29. The number of allylic oxidation sites excluding steroid dienone is 1. The summed E-state index contributed by atoms with van der Waals surface area (Å²) >= 11 is 1.61. The first kappa shape index (κ1) is 15.1. The normalized spacial score (nSPS) is 10.8. The minimum absolute atomic E-state index is 0.0986. The second kappa shape index (κ2) is 6.90. The number of nitrogens with one attached hydrogen (secondary N) is 1. The van der Waals surface area contributed by atoms with Gasteiger partial charge in [-0.3, -0.25) is 9.59 Å². The van der Waals surface area contributed by atoms with E-state index in [1.54, 1.807) is 25.0 Å². The van der Waals surface area contributed by atoms with Crippen molar-refractivity contribution in [1.29, 1.82) is 0 Å². The molecule has 108 valence electrons. The lowest BCUT2D eigenvalue weighted by molar-refractivity contribution is 0.103. The van der Waals surface area contributed by atoms with Crippen molar-refractivity contribution in [2.45, 2.75) is 4.90 Å². The standard InChI is InChI=1S/C15H15N3O2S/c1-16-8-6-13(19)15-14(20)7-9-18(17-15)11-4-3-5-12(10-11)21-2/h3-10,16H,1-2H3/b8-6+. The SMILES string of the molecule is CN/C=C/C(=O)c1nn(-c2cccc(SC)c2)ccc1=O. The topological polar surface area (TPSA) is 64.0 Å². The van der Waals surface area contributed by atoms with Gasteiger partial charge >= 0.3 is 0 Å². The molecule has 0 aliphatic heterocycles. The van der Waals surface area contributed by atoms with E-state index < -0.39 is 11.2 Å². The van der Waals surface area contributed by atoms with Gasteiger partial charge in [-0.25, -0.2) is 4.68 Å². The molecule has 5 nitrogen and oxygen atoms in total. The van der Waals surface area contributed by atoms with Gasteiger partial charge in [0.05, 0.1) is 5.69 Å². The summed E-state index contributed by atoms with van der Waals surface area (Å²) in [7, 11) is 1.68. The van der Waals surface area contributed by atoms with Crippen LogP contribution in [-0.2, 0) is 0 Å². The molecule has 2 rings (SSSR count). The molecular formula is C15H15N3O2S. The van der Waals surface area contributed by atoms with Crippen molar-refractivity contribution in [3.05, 3.63) is 64.7 Å². The van der Waals surface area contributed by atoms with Gasteiger partial charge < -0.3 is 5.32 Å². The fraction of sp³-hybridized carbons (Fsp3) is 0.133. The molecule has 21 heavy (non-hydrogen) atoms. The number of hydrogen-bond donors (Lipinski definition) is 1. The predicted molar refractivity (Wildman–Crippen MR) is 84.1 cm³/mol. The Balaban J connectivity index is 2.45. The third-order valence-corrected chi connectivity index (χ3v) is 3.49. The molecule has 0 saturated heterocycles. The van der Waals surface area contributed by atoms with Crippen molar-refractivity contribution in [2.75, 3.05) is 13.3 Å². The van der Waals surface area contributed by atoms with E-state index in [1.807, 2.05) is 30.5 Å². The third-order valence-electron chi connectivity index (χ3n) is 2.76. The van der Waals surface area contributed by atoms with Gasteiger partial charge in [0.25, 0.3) is 0 Å². The molecule has 0 bridgehead atoms. The zero-order valence-electron chi connectivity index (χ0n) is 11.7. The highest BCUT2D eigenvalue weighted by Crippen LogP contribution is 2.17. The van der Waals surface area contributed by atoms with Gasteiger partial charge in [-0.15, -0.1) is 11.8 Å². The highest BCUT2D eigenvalue weighted by molar-refractivity contribution is 7.98. The van der Waals surface area contributed by atoms with Crippen molar-refractivity contribution >= 4 is 17.5 Å². The maximum absolute atomic E-state index is 11.9. The zero-order valence-corrected chi connectivity index (χ0v) is 12.6. The zero-order chi connectivity index (χ0) is 15.2. The number of carbonyl (C=O) groups is 1. The van der Waals surface area contributed by atoms with Crippen LogP contribution in [0.5, 0.6) is 0 Å². The van der Waals surface area contributed by atoms with E-state index >= 15 is 0 Å². The number of aromatic nitrogens is 2. The molecule has 0 amide bonds. The van der Waals surface area contributed by atoms with E-state index in [2.05, 4.69) is 10.4 Å². The lowest BCUT2D eigenvalue weighted by atomic mass is 10.2. The first-order valence-corrected chi connectivity index (χ1v) is 7.50. The number of carbonyl (C=O) groups excluding carboxylic acids is 1. The second-order valence-electron chi connectivity index (χ2n) is 4.16. The Bertz CT molecular complexity index is 738. The average Bonchev–Trinajstić information content (AvgIpc) is 2.53. The third kappa shape index (κ3) is 3.61. The number of rotatable bonds is 5. The van der Waals surface area contributed by atoms with E-state index in [9.17, 15) is 9.59 Å². The van der Waals surface area contributed by atoms with Crippen LogP contribution in [0.1, 0.15) is 10.5 Å². The fourth-order valence-corrected chi connectivity index (χ4v) is 2.17. The molecule has 0 atom stereocenters. The Morgan fingerprint density at radius 3 is 2.90 bits per heavy atom. The summed E-state index contributed by atoms with van der Waals surface area (Å²) < 4.78 is 1.53. The van der Waals surface area contributed by atoms with Gasteiger partial charge in [0, 0.05) is 36.5 Å². The predicted octanol–water partition coefficient (Wildman–Crippen LogP) is 1.87. The highest BCUT2D eigenvalue weighted by Gasteiger charge is 2.10. The van der Waals surface area contributed by atoms with E-state index in [1.165, 1.54) is 23.0 Å². The lowest BCUT2D eigenvalue weighted by Gasteiger charge is -2.07. The van der Waals surface area contributed by atoms with Crippen molar-refractivity contribution in [1.82, 2.24) is 15.1 Å². The smallest absolute Gasteiger partial charge is 0.211 e. The molecule has 0 fully saturated rings. The van der Waals surface area contributed by atoms with Gasteiger partial charge in [0.1, 0.15) is 0 Å². The van der Waals surface area contributed by atoms with Crippen LogP contribution in [-0.4, -0.2) is 28.9 Å². The molecule has 0 aliphatic carbocycles. The molecular weight excluding hydrogens is 286 g/mol. The van der Waals surface area contributed by atoms with Crippen LogP contribution in [0.15, 0.2) is 58.5 Å². The van der Waals surface area contributed by atoms with Gasteiger partial charge in [-0.05, 0) is 24.5 Å². The van der Waals surface area contributed by atoms with E-state index in [-0.39, 0.29) is 5.69 Å². The van der Waals surface area contributed by atoms with Crippen LogP contribution >= 0.6 is 11.8 Å². The number of nitrogens with zero attached hydrogens (tertiary/aromatic N) is 2. The van der Waals surface area contributed by atoms with E-state index in [0.29, 0.717) is 0 Å². The average molecular weight is 301 g/mol. The summed E-state index contributed by atoms with van der Waals surface area (Å²) in [5.41, 5.74) is 0.310. The Labute approximate surface area is 126 Å². The van der Waals surface area contributed by atoms with Gasteiger partial charge in [-0.2, -0.15) is 5.10 Å². The maximum atomic E-state index is 11.9. The summed E-state index contributed by atoms with van der Waals surface area (Å²) in [6, 6.07) is 9.05. The van der Waals surface area contributed by atoms with Crippen LogP contribution in [0, 0.1) is 0 Å². The van der Waals surface area contributed by atoms with Crippen LogP contribution < -0.4 is 10.7 Å². The maximum Gasteiger partial charge on any atom is 0.211 e. The number of thioether (sulfide) groups is 1. The largest absolute Gasteiger partial charge is 0.394 e. The quantitative estimate of drug-likeness (QED) is 0.519. The highest BCUT2D eigenvalue weighted by atomic mass is 32.2. The summed E-state index contributed by atoms with van der Waals surface area (Å²) in [5.74, 6) is -0.426. The van der Waals surface area contributed by atoms with E-state index in [0.717, 1.165) is 10.6 Å². The number of benzene rings is 1. The summed E-state index contributed by atoms with van der Waals surface area (Å²) in [6.45, 7) is 0. The van der Waals surface area contributed by atoms with Crippen molar-refractivity contribution in [3.63, 3.8) is 0 Å². The molecule has 0 saturated carbocycles. The Morgan fingerprint density at radius 1 is 1.38 bits per heavy atom.